The van der Waals surface area contributed by atoms with Gasteiger partial charge in [0.25, 0.3) is 0 Å². The van der Waals surface area contributed by atoms with Gasteiger partial charge >= 0.3 is 5.97 Å². The third-order valence-electron chi connectivity index (χ3n) is 2.16. The molecule has 1 atom stereocenters. The summed E-state index contributed by atoms with van der Waals surface area (Å²) in [6.45, 7) is 0.673. The quantitative estimate of drug-likeness (QED) is 0.635. The van der Waals surface area contributed by atoms with Crippen LogP contribution in [0.4, 0.5) is 0 Å². The van der Waals surface area contributed by atoms with Gasteiger partial charge in [-0.15, -0.1) is 0 Å². The number of carboxylic acids is 1. The van der Waals surface area contributed by atoms with Crippen LogP contribution in [0.1, 0.15) is 12.2 Å². The lowest BCUT2D eigenvalue weighted by Gasteiger charge is -2.17. The minimum atomic E-state index is -0.732. The van der Waals surface area contributed by atoms with Crippen molar-refractivity contribution < 1.29 is 9.90 Å². The second kappa shape index (κ2) is 2.58. The number of hydrogen-bond donors (Lipinski definition) is 1. The highest BCUT2D eigenvalue weighted by Gasteiger charge is 2.25. The fourth-order valence-corrected chi connectivity index (χ4v) is 1.44. The van der Waals surface area contributed by atoms with E-state index in [9.17, 15) is 4.79 Å². The molecular weight excluding hydrogens is 158 g/mol. The van der Waals surface area contributed by atoms with Gasteiger partial charge in [-0.25, -0.2) is 4.98 Å². The Morgan fingerprint density at radius 3 is 3.33 bits per heavy atom. The van der Waals surface area contributed by atoms with Gasteiger partial charge < -0.3 is 5.11 Å². The van der Waals surface area contributed by atoms with Crippen LogP contribution in [-0.4, -0.2) is 25.8 Å². The molecule has 0 bridgehead atoms. The molecule has 0 fully saturated rings. The zero-order chi connectivity index (χ0) is 8.55. The van der Waals surface area contributed by atoms with Gasteiger partial charge in [0.2, 0.25) is 0 Å². The first-order chi connectivity index (χ1) is 5.77. The van der Waals surface area contributed by atoms with E-state index in [1.165, 1.54) is 6.33 Å². The Morgan fingerprint density at radius 1 is 1.75 bits per heavy atom. The van der Waals surface area contributed by atoms with Crippen molar-refractivity contribution in [3.05, 3.63) is 12.2 Å². The number of carboxylic acid groups (broad SMARTS) is 1. The van der Waals surface area contributed by atoms with Crippen molar-refractivity contribution in [1.82, 2.24) is 14.8 Å². The molecule has 0 radical (unpaired) electrons. The monoisotopic (exact) mass is 167 g/mol. The van der Waals surface area contributed by atoms with Crippen LogP contribution < -0.4 is 0 Å². The Hall–Kier alpha value is -1.39. The average Bonchev–Trinajstić information content (AvgIpc) is 2.49. The van der Waals surface area contributed by atoms with Crippen molar-refractivity contribution in [3.8, 4) is 0 Å². The number of aryl methyl sites for hydroxylation is 1. The van der Waals surface area contributed by atoms with Gasteiger partial charge in [-0.2, -0.15) is 5.10 Å². The second-order valence-electron chi connectivity index (χ2n) is 2.93. The van der Waals surface area contributed by atoms with E-state index in [2.05, 4.69) is 10.1 Å². The van der Waals surface area contributed by atoms with E-state index >= 15 is 0 Å². The number of aromatic nitrogens is 3. The maximum absolute atomic E-state index is 10.6. The summed E-state index contributed by atoms with van der Waals surface area (Å²) in [5.41, 5.74) is 0. The van der Waals surface area contributed by atoms with E-state index in [-0.39, 0.29) is 5.92 Å². The van der Waals surface area contributed by atoms with Crippen molar-refractivity contribution in [1.29, 1.82) is 0 Å². The maximum Gasteiger partial charge on any atom is 0.307 e. The molecule has 0 spiro atoms. The fraction of sp³-hybridized carbons (Fsp3) is 0.571. The van der Waals surface area contributed by atoms with E-state index in [0.717, 1.165) is 5.82 Å². The zero-order valence-electron chi connectivity index (χ0n) is 6.47. The molecule has 0 amide bonds. The van der Waals surface area contributed by atoms with Crippen LogP contribution in [0.5, 0.6) is 0 Å². The Kier molecular flexibility index (Phi) is 1.56. The first-order valence-electron chi connectivity index (χ1n) is 3.87. The Labute approximate surface area is 69.0 Å². The molecule has 12 heavy (non-hydrogen) atoms. The van der Waals surface area contributed by atoms with E-state index in [4.69, 9.17) is 5.11 Å². The molecule has 0 saturated heterocycles. The third kappa shape index (κ3) is 1.07. The number of hydrogen-bond acceptors (Lipinski definition) is 3. The van der Waals surface area contributed by atoms with Crippen molar-refractivity contribution in [2.75, 3.05) is 0 Å². The van der Waals surface area contributed by atoms with Gasteiger partial charge in [0, 0.05) is 13.0 Å². The molecule has 0 aliphatic carbocycles. The summed E-state index contributed by atoms with van der Waals surface area (Å²) in [4.78, 5) is 14.6. The molecule has 2 heterocycles. The van der Waals surface area contributed by atoms with Crippen LogP contribution in [0, 0.1) is 5.92 Å². The minimum Gasteiger partial charge on any atom is -0.481 e. The predicted octanol–water partition coefficient (Wildman–Crippen LogP) is -0.0749. The van der Waals surface area contributed by atoms with Gasteiger partial charge in [-0.3, -0.25) is 9.48 Å². The topological polar surface area (TPSA) is 68.0 Å². The van der Waals surface area contributed by atoms with Crippen LogP contribution >= 0.6 is 0 Å². The summed E-state index contributed by atoms with van der Waals surface area (Å²) < 4.78 is 1.76. The van der Waals surface area contributed by atoms with Crippen molar-refractivity contribution in [2.45, 2.75) is 19.4 Å². The number of carbonyl (C=O) groups is 1. The second-order valence-corrected chi connectivity index (χ2v) is 2.93. The van der Waals surface area contributed by atoms with Crippen LogP contribution in [0.15, 0.2) is 6.33 Å². The molecule has 1 aliphatic heterocycles. The summed E-state index contributed by atoms with van der Waals surface area (Å²) in [5.74, 6) is -0.223. The molecule has 64 valence electrons. The summed E-state index contributed by atoms with van der Waals surface area (Å²) >= 11 is 0. The molecule has 1 unspecified atom stereocenters. The van der Waals surface area contributed by atoms with E-state index in [1.807, 2.05) is 0 Å². The Balaban J connectivity index is 2.20. The average molecular weight is 167 g/mol. The van der Waals surface area contributed by atoms with Crippen LogP contribution in [0.3, 0.4) is 0 Å². The van der Waals surface area contributed by atoms with Crippen LogP contribution in [0.2, 0.25) is 0 Å². The lowest BCUT2D eigenvalue weighted by atomic mass is 9.99. The van der Waals surface area contributed by atoms with E-state index in [0.29, 0.717) is 19.4 Å². The smallest absolute Gasteiger partial charge is 0.307 e. The number of fused-ring (bicyclic) bond motifs is 1. The summed E-state index contributed by atoms with van der Waals surface area (Å²) in [6.07, 6.45) is 2.64. The third-order valence-corrected chi connectivity index (χ3v) is 2.16. The highest BCUT2D eigenvalue weighted by atomic mass is 16.4. The van der Waals surface area contributed by atoms with Crippen LogP contribution in [-0.2, 0) is 17.8 Å². The number of rotatable bonds is 1. The van der Waals surface area contributed by atoms with Gasteiger partial charge in [-0.05, 0) is 6.42 Å². The highest BCUT2D eigenvalue weighted by Crippen LogP contribution is 2.17. The van der Waals surface area contributed by atoms with Crippen molar-refractivity contribution in [3.63, 3.8) is 0 Å². The van der Waals surface area contributed by atoms with Crippen molar-refractivity contribution >= 4 is 5.97 Å². The summed E-state index contributed by atoms with van der Waals surface area (Å²) in [5, 5.41) is 12.7. The number of aliphatic carboxylic acids is 1. The minimum absolute atomic E-state index is 0.276. The largest absolute Gasteiger partial charge is 0.481 e. The molecule has 2 rings (SSSR count). The standard InChI is InChI=1S/C7H9N3O2/c11-7(12)5-1-2-10-6(3-5)8-4-9-10/h4-5H,1-3H2,(H,11,12). The highest BCUT2D eigenvalue weighted by molar-refractivity contribution is 5.70. The van der Waals surface area contributed by atoms with Gasteiger partial charge in [0.05, 0.1) is 5.92 Å². The summed E-state index contributed by atoms with van der Waals surface area (Å²) in [7, 11) is 0. The molecular formula is C7H9N3O2. The molecule has 1 aliphatic rings. The molecule has 1 N–H and O–H groups in total. The van der Waals surface area contributed by atoms with Gasteiger partial charge in [0.1, 0.15) is 12.2 Å². The van der Waals surface area contributed by atoms with E-state index in [1.54, 1.807) is 4.68 Å². The normalized spacial score (nSPS) is 21.8. The zero-order valence-corrected chi connectivity index (χ0v) is 6.47. The first kappa shape index (κ1) is 7.27. The lowest BCUT2D eigenvalue weighted by Crippen LogP contribution is -2.26. The Morgan fingerprint density at radius 2 is 2.58 bits per heavy atom. The fourth-order valence-electron chi connectivity index (χ4n) is 1.44. The molecule has 0 aromatic carbocycles. The van der Waals surface area contributed by atoms with Gasteiger partial charge in [-0.1, -0.05) is 0 Å². The number of nitrogens with zero attached hydrogens (tertiary/aromatic N) is 3. The molecule has 1 aromatic rings. The molecule has 5 heteroatoms. The molecule has 5 nitrogen and oxygen atoms in total. The van der Waals surface area contributed by atoms with Crippen LogP contribution in [0.25, 0.3) is 0 Å². The molecule has 1 aromatic heterocycles. The summed E-state index contributed by atoms with van der Waals surface area (Å²) in [6, 6.07) is 0. The first-order valence-corrected chi connectivity index (χ1v) is 3.87. The van der Waals surface area contributed by atoms with Gasteiger partial charge in [0.15, 0.2) is 0 Å². The lowest BCUT2D eigenvalue weighted by molar-refractivity contribution is -0.142. The maximum atomic E-state index is 10.6. The Bertz CT molecular complexity index is 307. The van der Waals surface area contributed by atoms with Crippen molar-refractivity contribution in [2.24, 2.45) is 5.92 Å². The molecule has 0 saturated carbocycles. The predicted molar refractivity (Wildman–Crippen MR) is 39.5 cm³/mol. The van der Waals surface area contributed by atoms with E-state index < -0.39 is 5.97 Å². The SMILES string of the molecule is O=C(O)C1CCn2ncnc2C1.